The number of hydrogen-bond donors (Lipinski definition) is 1. The normalized spacial score (nSPS) is 14.9. The van der Waals surface area contributed by atoms with Gasteiger partial charge in [-0.1, -0.05) is 30.3 Å². The van der Waals surface area contributed by atoms with Crippen LogP contribution in [0.25, 0.3) is 11.3 Å². The molecule has 0 saturated carbocycles. The maximum atomic E-state index is 4.62. The van der Waals surface area contributed by atoms with Crippen LogP contribution in [0, 0.1) is 0 Å². The van der Waals surface area contributed by atoms with E-state index in [1.54, 1.807) is 0 Å². The average molecular weight is 199 g/mol. The summed E-state index contributed by atoms with van der Waals surface area (Å²) >= 11 is 0. The van der Waals surface area contributed by atoms with E-state index in [1.807, 2.05) is 18.2 Å². The van der Waals surface area contributed by atoms with Crippen LogP contribution in [0.5, 0.6) is 0 Å². The second-order valence-corrected chi connectivity index (χ2v) is 3.78. The fourth-order valence-corrected chi connectivity index (χ4v) is 1.94. The van der Waals surface area contributed by atoms with Crippen molar-refractivity contribution in [3.63, 3.8) is 0 Å². The maximum absolute atomic E-state index is 4.62. The molecule has 2 heterocycles. The van der Waals surface area contributed by atoms with Crippen molar-refractivity contribution in [1.82, 2.24) is 14.9 Å². The molecule has 1 aliphatic heterocycles. The molecular formula is C12H13N3. The molecule has 0 aliphatic carbocycles. The molecule has 0 amide bonds. The minimum absolute atomic E-state index is 0.882. The summed E-state index contributed by atoms with van der Waals surface area (Å²) in [6, 6.07) is 10.3. The van der Waals surface area contributed by atoms with Crippen LogP contribution >= 0.6 is 0 Å². The lowest BCUT2D eigenvalue weighted by atomic mass is 10.2. The Hall–Kier alpha value is -1.61. The summed E-state index contributed by atoms with van der Waals surface area (Å²) in [5, 5.41) is 3.32. The first-order chi connectivity index (χ1) is 7.43. The van der Waals surface area contributed by atoms with E-state index in [0.29, 0.717) is 0 Å². The Morgan fingerprint density at radius 2 is 2.07 bits per heavy atom. The first-order valence-corrected chi connectivity index (χ1v) is 5.26. The summed E-state index contributed by atoms with van der Waals surface area (Å²) in [6.45, 7) is 2.94. The molecule has 0 fully saturated rings. The molecule has 76 valence electrons. The zero-order valence-electron chi connectivity index (χ0n) is 8.48. The van der Waals surface area contributed by atoms with Gasteiger partial charge in [0.15, 0.2) is 0 Å². The molecule has 2 aromatic rings. The van der Waals surface area contributed by atoms with Gasteiger partial charge < -0.3 is 9.88 Å². The van der Waals surface area contributed by atoms with Crippen molar-refractivity contribution >= 4 is 0 Å². The van der Waals surface area contributed by atoms with Crippen LogP contribution in [0.2, 0.25) is 0 Å². The fourth-order valence-electron chi connectivity index (χ4n) is 1.94. The van der Waals surface area contributed by atoms with Crippen LogP contribution in [-0.2, 0) is 13.1 Å². The van der Waals surface area contributed by atoms with Gasteiger partial charge in [-0.25, -0.2) is 4.98 Å². The number of rotatable bonds is 1. The number of aromatic nitrogens is 2. The molecule has 0 spiro atoms. The number of nitrogens with zero attached hydrogens (tertiary/aromatic N) is 2. The smallest absolute Gasteiger partial charge is 0.123 e. The van der Waals surface area contributed by atoms with Crippen molar-refractivity contribution < 1.29 is 0 Å². The van der Waals surface area contributed by atoms with Gasteiger partial charge in [0.2, 0.25) is 0 Å². The maximum Gasteiger partial charge on any atom is 0.123 e. The second-order valence-electron chi connectivity index (χ2n) is 3.78. The molecule has 0 bridgehead atoms. The van der Waals surface area contributed by atoms with E-state index >= 15 is 0 Å². The molecule has 1 aromatic heterocycles. The summed E-state index contributed by atoms with van der Waals surface area (Å²) < 4.78 is 2.23. The van der Waals surface area contributed by atoms with Gasteiger partial charge in [0, 0.05) is 24.8 Å². The molecule has 1 N–H and O–H groups in total. The average Bonchev–Trinajstić information content (AvgIpc) is 2.74. The molecule has 3 rings (SSSR count). The number of nitrogens with one attached hydrogen (secondary N) is 1. The Morgan fingerprint density at radius 3 is 2.87 bits per heavy atom. The Morgan fingerprint density at radius 1 is 1.20 bits per heavy atom. The molecule has 0 radical (unpaired) electrons. The predicted octanol–water partition coefficient (Wildman–Crippen LogP) is 1.65. The van der Waals surface area contributed by atoms with Crippen LogP contribution in [0.4, 0.5) is 0 Å². The zero-order valence-corrected chi connectivity index (χ0v) is 8.48. The summed E-state index contributed by atoms with van der Waals surface area (Å²) in [5.74, 6) is 1.14. The molecule has 0 unspecified atom stereocenters. The first kappa shape index (κ1) is 8.68. The van der Waals surface area contributed by atoms with Gasteiger partial charge in [0.1, 0.15) is 5.82 Å². The largest absolute Gasteiger partial charge is 0.332 e. The zero-order chi connectivity index (χ0) is 10.1. The van der Waals surface area contributed by atoms with E-state index in [2.05, 4.69) is 33.2 Å². The summed E-state index contributed by atoms with van der Waals surface area (Å²) in [7, 11) is 0. The van der Waals surface area contributed by atoms with Gasteiger partial charge in [-0.2, -0.15) is 0 Å². The Kier molecular flexibility index (Phi) is 2.03. The van der Waals surface area contributed by atoms with Gasteiger partial charge in [-0.3, -0.25) is 0 Å². The standard InChI is InChI=1S/C12H13N3/c1-2-4-10(5-3-1)11-9-15-7-6-13-8-12(15)14-11/h1-5,9,13H,6-8H2. The Labute approximate surface area is 88.8 Å². The number of imidazole rings is 1. The Bertz CT molecular complexity index is 435. The SMILES string of the molecule is c1ccc(-c2cn3c(n2)CNCC3)cc1. The topological polar surface area (TPSA) is 29.9 Å². The number of fused-ring (bicyclic) bond motifs is 1. The molecule has 0 saturated heterocycles. The van der Waals surface area contributed by atoms with E-state index in [1.165, 1.54) is 5.56 Å². The molecule has 1 aromatic carbocycles. The molecule has 15 heavy (non-hydrogen) atoms. The van der Waals surface area contributed by atoms with Crippen molar-refractivity contribution in [3.05, 3.63) is 42.4 Å². The highest BCUT2D eigenvalue weighted by Crippen LogP contribution is 2.19. The molecule has 3 heteroatoms. The number of benzene rings is 1. The van der Waals surface area contributed by atoms with Gasteiger partial charge in [-0.15, -0.1) is 0 Å². The van der Waals surface area contributed by atoms with Crippen LogP contribution < -0.4 is 5.32 Å². The predicted molar refractivity (Wildman–Crippen MR) is 59.4 cm³/mol. The fraction of sp³-hybridized carbons (Fsp3) is 0.250. The van der Waals surface area contributed by atoms with Gasteiger partial charge in [-0.05, 0) is 0 Å². The first-order valence-electron chi connectivity index (χ1n) is 5.26. The third kappa shape index (κ3) is 1.55. The van der Waals surface area contributed by atoms with Crippen molar-refractivity contribution in [3.8, 4) is 11.3 Å². The third-order valence-electron chi connectivity index (χ3n) is 2.74. The highest BCUT2D eigenvalue weighted by molar-refractivity contribution is 5.58. The van der Waals surface area contributed by atoms with Crippen molar-refractivity contribution in [2.24, 2.45) is 0 Å². The highest BCUT2D eigenvalue weighted by Gasteiger charge is 2.11. The van der Waals surface area contributed by atoms with Crippen LogP contribution in [0.1, 0.15) is 5.82 Å². The lowest BCUT2D eigenvalue weighted by Gasteiger charge is -2.13. The molecule has 1 aliphatic rings. The van der Waals surface area contributed by atoms with Crippen LogP contribution in [0.3, 0.4) is 0 Å². The summed E-state index contributed by atoms with van der Waals surface area (Å²) in [6.07, 6.45) is 2.14. The van der Waals surface area contributed by atoms with Crippen LogP contribution in [0.15, 0.2) is 36.5 Å². The summed E-state index contributed by atoms with van der Waals surface area (Å²) in [4.78, 5) is 4.62. The lowest BCUT2D eigenvalue weighted by Crippen LogP contribution is -2.27. The van der Waals surface area contributed by atoms with Crippen molar-refractivity contribution in [2.75, 3.05) is 6.54 Å². The minimum atomic E-state index is 0.882. The Balaban J connectivity index is 2.03. The summed E-state index contributed by atoms with van der Waals surface area (Å²) in [5.41, 5.74) is 2.27. The molecule has 3 nitrogen and oxygen atoms in total. The second kappa shape index (κ2) is 3.51. The monoisotopic (exact) mass is 199 g/mol. The lowest BCUT2D eigenvalue weighted by molar-refractivity contribution is 0.505. The van der Waals surface area contributed by atoms with E-state index in [9.17, 15) is 0 Å². The quantitative estimate of drug-likeness (QED) is 0.757. The molecule has 0 atom stereocenters. The van der Waals surface area contributed by atoms with E-state index in [0.717, 1.165) is 31.2 Å². The van der Waals surface area contributed by atoms with Crippen molar-refractivity contribution in [2.45, 2.75) is 13.1 Å². The van der Waals surface area contributed by atoms with E-state index in [4.69, 9.17) is 0 Å². The third-order valence-corrected chi connectivity index (χ3v) is 2.74. The number of hydrogen-bond acceptors (Lipinski definition) is 2. The van der Waals surface area contributed by atoms with Gasteiger partial charge in [0.05, 0.1) is 12.2 Å². The highest BCUT2D eigenvalue weighted by atomic mass is 15.1. The molecular weight excluding hydrogens is 186 g/mol. The minimum Gasteiger partial charge on any atom is -0.332 e. The van der Waals surface area contributed by atoms with E-state index < -0.39 is 0 Å². The van der Waals surface area contributed by atoms with E-state index in [-0.39, 0.29) is 0 Å². The van der Waals surface area contributed by atoms with Crippen LogP contribution in [-0.4, -0.2) is 16.1 Å². The van der Waals surface area contributed by atoms with Crippen molar-refractivity contribution in [1.29, 1.82) is 0 Å². The van der Waals surface area contributed by atoms with Gasteiger partial charge in [0.25, 0.3) is 0 Å². The van der Waals surface area contributed by atoms with Gasteiger partial charge >= 0.3 is 0 Å².